The first kappa shape index (κ1) is 21.3. The number of amides is 2. The number of carbonyl (C=O) groups excluding carboxylic acids is 2. The van der Waals surface area contributed by atoms with Crippen molar-refractivity contribution < 1.29 is 14.0 Å². The molecule has 0 aliphatic carbocycles. The van der Waals surface area contributed by atoms with Gasteiger partial charge in [-0.05, 0) is 55.8 Å². The lowest BCUT2D eigenvalue weighted by atomic mass is 10.1. The van der Waals surface area contributed by atoms with E-state index < -0.39 is 6.04 Å². The molecule has 1 N–H and O–H groups in total. The number of thioether (sulfide) groups is 1. The van der Waals surface area contributed by atoms with Crippen molar-refractivity contribution >= 4 is 35.2 Å². The average molecular weight is 409 g/mol. The second-order valence-electron chi connectivity index (χ2n) is 5.96. The maximum Gasteiger partial charge on any atom is 0.242 e. The maximum absolute atomic E-state index is 13.1. The van der Waals surface area contributed by atoms with E-state index in [0.29, 0.717) is 11.6 Å². The number of nitrogens with zero attached hydrogens (tertiary/aromatic N) is 1. The lowest BCUT2D eigenvalue weighted by molar-refractivity contribution is -0.138. The SMILES string of the molecule is CCNC(=O)[C@@H](C)N(Cc1ccc(F)cc1)C(=O)CSc1ccc(Cl)cc1. The Morgan fingerprint density at radius 3 is 2.37 bits per heavy atom. The molecular formula is C20H22ClFN2O2S. The summed E-state index contributed by atoms with van der Waals surface area (Å²) in [5.74, 6) is -0.541. The predicted octanol–water partition coefficient (Wildman–Crippen LogP) is 4.12. The fourth-order valence-corrected chi connectivity index (χ4v) is 3.36. The van der Waals surface area contributed by atoms with Crippen LogP contribution in [0.15, 0.2) is 53.4 Å². The van der Waals surface area contributed by atoms with Gasteiger partial charge in [-0.1, -0.05) is 23.7 Å². The maximum atomic E-state index is 13.1. The zero-order chi connectivity index (χ0) is 19.8. The second kappa shape index (κ2) is 10.3. The van der Waals surface area contributed by atoms with E-state index in [1.54, 1.807) is 31.2 Å². The Morgan fingerprint density at radius 1 is 1.15 bits per heavy atom. The molecule has 2 aromatic rings. The molecule has 0 heterocycles. The smallest absolute Gasteiger partial charge is 0.242 e. The summed E-state index contributed by atoms with van der Waals surface area (Å²) in [6, 6.07) is 12.5. The summed E-state index contributed by atoms with van der Waals surface area (Å²) in [7, 11) is 0. The third-order valence-electron chi connectivity index (χ3n) is 3.96. The zero-order valence-electron chi connectivity index (χ0n) is 15.2. The van der Waals surface area contributed by atoms with E-state index in [1.165, 1.54) is 28.8 Å². The third-order valence-corrected chi connectivity index (χ3v) is 5.21. The van der Waals surface area contributed by atoms with Crippen molar-refractivity contribution in [1.82, 2.24) is 10.2 Å². The minimum Gasteiger partial charge on any atom is -0.355 e. The first-order chi connectivity index (χ1) is 12.9. The minimum atomic E-state index is -0.631. The highest BCUT2D eigenvalue weighted by molar-refractivity contribution is 8.00. The summed E-state index contributed by atoms with van der Waals surface area (Å²) < 4.78 is 13.1. The van der Waals surface area contributed by atoms with Gasteiger partial charge < -0.3 is 10.2 Å². The summed E-state index contributed by atoms with van der Waals surface area (Å²) in [5, 5.41) is 3.37. The lowest BCUT2D eigenvalue weighted by Gasteiger charge is -2.28. The molecule has 0 saturated carbocycles. The van der Waals surface area contributed by atoms with Crippen LogP contribution in [0.4, 0.5) is 4.39 Å². The van der Waals surface area contributed by atoms with Gasteiger partial charge in [0.1, 0.15) is 11.9 Å². The van der Waals surface area contributed by atoms with Crippen molar-refractivity contribution in [2.24, 2.45) is 0 Å². The molecule has 1 atom stereocenters. The zero-order valence-corrected chi connectivity index (χ0v) is 16.8. The molecule has 2 aromatic carbocycles. The Kier molecular flexibility index (Phi) is 8.13. The number of benzene rings is 2. The van der Waals surface area contributed by atoms with E-state index in [-0.39, 0.29) is 29.9 Å². The van der Waals surface area contributed by atoms with E-state index in [9.17, 15) is 14.0 Å². The summed E-state index contributed by atoms with van der Waals surface area (Å²) in [6.45, 7) is 4.24. The molecule has 0 aliphatic heterocycles. The normalized spacial score (nSPS) is 11.7. The molecule has 0 fully saturated rings. The molecule has 0 unspecified atom stereocenters. The van der Waals surface area contributed by atoms with Crippen molar-refractivity contribution in [3.8, 4) is 0 Å². The number of carbonyl (C=O) groups is 2. The van der Waals surface area contributed by atoms with Crippen molar-refractivity contribution in [2.75, 3.05) is 12.3 Å². The average Bonchev–Trinajstić information content (AvgIpc) is 2.66. The van der Waals surface area contributed by atoms with Crippen LogP contribution in [0.3, 0.4) is 0 Å². The molecule has 0 aromatic heterocycles. The van der Waals surface area contributed by atoms with Gasteiger partial charge in [-0.15, -0.1) is 11.8 Å². The summed E-state index contributed by atoms with van der Waals surface area (Å²) >= 11 is 7.26. The highest BCUT2D eigenvalue weighted by atomic mass is 35.5. The van der Waals surface area contributed by atoms with Gasteiger partial charge in [-0.3, -0.25) is 9.59 Å². The number of likely N-dealkylation sites (N-methyl/N-ethyl adjacent to an activating group) is 1. The van der Waals surface area contributed by atoms with Gasteiger partial charge in [0.25, 0.3) is 0 Å². The van der Waals surface area contributed by atoms with Crippen molar-refractivity contribution in [3.05, 3.63) is 64.9 Å². The Balaban J connectivity index is 2.11. The fraction of sp³-hybridized carbons (Fsp3) is 0.300. The summed E-state index contributed by atoms with van der Waals surface area (Å²) in [6.07, 6.45) is 0. The first-order valence-corrected chi connectivity index (χ1v) is 9.97. The number of halogens is 2. The molecule has 0 bridgehead atoms. The van der Waals surface area contributed by atoms with E-state index in [4.69, 9.17) is 11.6 Å². The Labute approximate surface area is 168 Å². The minimum absolute atomic E-state index is 0.168. The molecule has 2 amide bonds. The molecule has 144 valence electrons. The molecular weight excluding hydrogens is 387 g/mol. The van der Waals surface area contributed by atoms with Crippen molar-refractivity contribution in [1.29, 1.82) is 0 Å². The second-order valence-corrected chi connectivity index (χ2v) is 7.45. The van der Waals surface area contributed by atoms with Crippen LogP contribution in [-0.2, 0) is 16.1 Å². The standard InChI is InChI=1S/C20H22ClFN2O2S/c1-3-23-20(26)14(2)24(12-15-4-8-17(22)9-5-15)19(25)13-27-18-10-6-16(21)7-11-18/h4-11,14H,3,12-13H2,1-2H3,(H,23,26)/t14-/m1/s1. The fourth-order valence-electron chi connectivity index (χ4n) is 2.45. The highest BCUT2D eigenvalue weighted by Gasteiger charge is 2.25. The topological polar surface area (TPSA) is 49.4 Å². The third kappa shape index (κ3) is 6.56. The van der Waals surface area contributed by atoms with E-state index in [0.717, 1.165) is 10.5 Å². The van der Waals surface area contributed by atoms with Crippen LogP contribution in [0, 0.1) is 5.82 Å². The molecule has 7 heteroatoms. The van der Waals surface area contributed by atoms with Gasteiger partial charge in [0.15, 0.2) is 0 Å². The van der Waals surface area contributed by atoms with E-state index in [2.05, 4.69) is 5.32 Å². The van der Waals surface area contributed by atoms with Gasteiger partial charge in [0.05, 0.1) is 5.75 Å². The van der Waals surface area contributed by atoms with Gasteiger partial charge >= 0.3 is 0 Å². The highest BCUT2D eigenvalue weighted by Crippen LogP contribution is 2.21. The number of hydrogen-bond donors (Lipinski definition) is 1. The van der Waals surface area contributed by atoms with Crippen LogP contribution in [0.2, 0.25) is 5.02 Å². The Bertz CT molecular complexity index is 769. The predicted molar refractivity (Wildman–Crippen MR) is 107 cm³/mol. The van der Waals surface area contributed by atoms with Crippen LogP contribution in [-0.4, -0.2) is 35.1 Å². The van der Waals surface area contributed by atoms with Crippen LogP contribution in [0.25, 0.3) is 0 Å². The van der Waals surface area contributed by atoms with Gasteiger partial charge in [-0.25, -0.2) is 4.39 Å². The number of hydrogen-bond acceptors (Lipinski definition) is 3. The molecule has 0 aliphatic rings. The van der Waals surface area contributed by atoms with Crippen molar-refractivity contribution in [2.45, 2.75) is 31.3 Å². The van der Waals surface area contributed by atoms with Crippen LogP contribution in [0.1, 0.15) is 19.4 Å². The largest absolute Gasteiger partial charge is 0.355 e. The molecule has 27 heavy (non-hydrogen) atoms. The molecule has 0 radical (unpaired) electrons. The quantitative estimate of drug-likeness (QED) is 0.668. The molecule has 4 nitrogen and oxygen atoms in total. The van der Waals surface area contributed by atoms with Gasteiger partial charge in [0, 0.05) is 23.0 Å². The Hall–Kier alpha value is -2.05. The number of nitrogens with one attached hydrogen (secondary N) is 1. The summed E-state index contributed by atoms with van der Waals surface area (Å²) in [5.41, 5.74) is 0.761. The molecule has 2 rings (SSSR count). The van der Waals surface area contributed by atoms with Crippen molar-refractivity contribution in [3.63, 3.8) is 0 Å². The number of rotatable bonds is 8. The van der Waals surface area contributed by atoms with Gasteiger partial charge in [-0.2, -0.15) is 0 Å². The Morgan fingerprint density at radius 2 is 1.78 bits per heavy atom. The summed E-state index contributed by atoms with van der Waals surface area (Å²) in [4.78, 5) is 27.5. The van der Waals surface area contributed by atoms with E-state index in [1.807, 2.05) is 19.1 Å². The first-order valence-electron chi connectivity index (χ1n) is 8.60. The lowest BCUT2D eigenvalue weighted by Crippen LogP contribution is -2.48. The van der Waals surface area contributed by atoms with E-state index >= 15 is 0 Å². The molecule has 0 saturated heterocycles. The van der Waals surface area contributed by atoms with Crippen LogP contribution >= 0.6 is 23.4 Å². The molecule has 0 spiro atoms. The van der Waals surface area contributed by atoms with Crippen LogP contribution in [0.5, 0.6) is 0 Å². The van der Waals surface area contributed by atoms with Gasteiger partial charge in [0.2, 0.25) is 11.8 Å². The van der Waals surface area contributed by atoms with Crippen LogP contribution < -0.4 is 5.32 Å². The monoisotopic (exact) mass is 408 g/mol.